The summed E-state index contributed by atoms with van der Waals surface area (Å²) in [6, 6.07) is 7.41. The Hall–Kier alpha value is -2.74. The van der Waals surface area contributed by atoms with E-state index in [-0.39, 0.29) is 16.2 Å². The second-order valence-electron chi connectivity index (χ2n) is 4.36. The number of ether oxygens (including phenoxy) is 1. The predicted molar refractivity (Wildman–Crippen MR) is 82.9 cm³/mol. The third-order valence-electron chi connectivity index (χ3n) is 2.85. The van der Waals surface area contributed by atoms with Gasteiger partial charge in [0, 0.05) is 6.07 Å². The number of rotatable bonds is 3. The first-order valence-electron chi connectivity index (χ1n) is 6.22. The van der Waals surface area contributed by atoms with E-state index in [9.17, 15) is 14.7 Å². The average Bonchev–Trinajstić information content (AvgIpc) is 2.50. The Bertz CT molecular complexity index is 818. The zero-order valence-corrected chi connectivity index (χ0v) is 12.7. The van der Waals surface area contributed by atoms with Crippen LogP contribution in [-0.4, -0.2) is 33.6 Å². The average molecular weight is 319 g/mol. The topological polar surface area (TPSA) is 96.7 Å². The molecule has 0 saturated carbocycles. The van der Waals surface area contributed by atoms with E-state index in [2.05, 4.69) is 14.8 Å². The van der Waals surface area contributed by atoms with Crippen LogP contribution in [0.25, 0.3) is 0 Å². The summed E-state index contributed by atoms with van der Waals surface area (Å²) in [5.74, 6) is -0.553. The molecule has 0 bridgehead atoms. The highest BCUT2D eigenvalue weighted by atomic mass is 32.1. The predicted octanol–water partition coefficient (Wildman–Crippen LogP) is 1.67. The second-order valence-corrected chi connectivity index (χ2v) is 4.75. The van der Waals surface area contributed by atoms with Crippen LogP contribution in [0.3, 0.4) is 0 Å². The minimum atomic E-state index is -0.686. The molecule has 0 aliphatic heterocycles. The lowest BCUT2D eigenvalue weighted by Crippen LogP contribution is -2.22. The maximum Gasteiger partial charge on any atom is 0.354 e. The van der Waals surface area contributed by atoms with Crippen molar-refractivity contribution < 1.29 is 14.6 Å². The fourth-order valence-corrected chi connectivity index (χ4v) is 1.95. The Morgan fingerprint density at radius 2 is 2.00 bits per heavy atom. The van der Waals surface area contributed by atoms with Crippen LogP contribution in [0, 0.1) is 4.77 Å². The number of phenolic OH excluding ortho intramolecular Hbond substituents is 1. The van der Waals surface area contributed by atoms with E-state index in [1.807, 2.05) is 0 Å². The highest BCUT2D eigenvalue weighted by Crippen LogP contribution is 2.10. The largest absolute Gasteiger partial charge is 0.508 e. The summed E-state index contributed by atoms with van der Waals surface area (Å²) in [5.41, 5.74) is 0.650. The summed E-state index contributed by atoms with van der Waals surface area (Å²) >= 11 is 5.04. The van der Waals surface area contributed by atoms with Crippen LogP contribution >= 0.6 is 12.2 Å². The highest BCUT2D eigenvalue weighted by molar-refractivity contribution is 7.71. The minimum absolute atomic E-state index is 0.0222. The molecular weight excluding hydrogens is 306 g/mol. The first-order valence-corrected chi connectivity index (χ1v) is 6.63. The Kier molecular flexibility index (Phi) is 4.52. The van der Waals surface area contributed by atoms with Gasteiger partial charge >= 0.3 is 5.97 Å². The third kappa shape index (κ3) is 3.29. The molecule has 1 heterocycles. The number of carbonyl (C=O) groups is 1. The number of aromatic hydroxyl groups is 1. The van der Waals surface area contributed by atoms with Crippen LogP contribution in [0.5, 0.6) is 5.75 Å². The Labute approximate surface area is 130 Å². The fourth-order valence-electron chi connectivity index (χ4n) is 1.71. The molecule has 0 unspecified atom stereocenters. The number of carbonyl (C=O) groups excluding carboxylic acids is 1. The van der Waals surface area contributed by atoms with E-state index in [1.165, 1.54) is 19.2 Å². The smallest absolute Gasteiger partial charge is 0.354 e. The van der Waals surface area contributed by atoms with Crippen molar-refractivity contribution in [3.63, 3.8) is 0 Å². The molecule has 114 valence electrons. The van der Waals surface area contributed by atoms with Crippen molar-refractivity contribution in [3.8, 4) is 5.75 Å². The minimum Gasteiger partial charge on any atom is -0.508 e. The molecule has 2 N–H and O–H groups in total. The van der Waals surface area contributed by atoms with E-state index in [1.54, 1.807) is 19.1 Å². The van der Waals surface area contributed by atoms with Crippen LogP contribution in [0.4, 0.5) is 0 Å². The molecule has 0 spiro atoms. The van der Waals surface area contributed by atoms with Gasteiger partial charge in [0.1, 0.15) is 11.4 Å². The Morgan fingerprint density at radius 3 is 2.55 bits per heavy atom. The van der Waals surface area contributed by atoms with E-state index in [0.29, 0.717) is 5.71 Å². The monoisotopic (exact) mass is 319 g/mol. The maximum atomic E-state index is 12.0. The second kappa shape index (κ2) is 6.35. The van der Waals surface area contributed by atoms with Gasteiger partial charge in [0.05, 0.1) is 12.8 Å². The molecule has 22 heavy (non-hydrogen) atoms. The lowest BCUT2D eigenvalue weighted by atomic mass is 10.1. The van der Waals surface area contributed by atoms with Crippen LogP contribution in [0.1, 0.15) is 23.0 Å². The summed E-state index contributed by atoms with van der Waals surface area (Å²) < 4.78 is 5.48. The van der Waals surface area contributed by atoms with Crippen molar-refractivity contribution in [1.82, 2.24) is 9.66 Å². The van der Waals surface area contributed by atoms with E-state index in [0.717, 1.165) is 16.3 Å². The van der Waals surface area contributed by atoms with Crippen LogP contribution in [0.15, 0.2) is 40.2 Å². The lowest BCUT2D eigenvalue weighted by molar-refractivity contribution is 0.0593. The number of nitrogens with zero attached hydrogens (tertiary/aromatic N) is 2. The summed E-state index contributed by atoms with van der Waals surface area (Å²) in [7, 11) is 1.21. The molecule has 1 aromatic carbocycles. The van der Waals surface area contributed by atoms with E-state index in [4.69, 9.17) is 12.2 Å². The van der Waals surface area contributed by atoms with E-state index < -0.39 is 11.5 Å². The number of aromatic amines is 1. The van der Waals surface area contributed by atoms with Crippen molar-refractivity contribution in [2.75, 3.05) is 7.11 Å². The van der Waals surface area contributed by atoms with Gasteiger partial charge in [-0.25, -0.2) is 4.79 Å². The number of benzene rings is 1. The van der Waals surface area contributed by atoms with Gasteiger partial charge in [0.25, 0.3) is 5.56 Å². The molecule has 0 radical (unpaired) electrons. The molecule has 8 heteroatoms. The first-order chi connectivity index (χ1) is 10.4. The number of hydrogen-bond acceptors (Lipinski definition) is 6. The molecule has 2 rings (SSSR count). The molecule has 7 nitrogen and oxygen atoms in total. The van der Waals surface area contributed by atoms with Crippen molar-refractivity contribution in [1.29, 1.82) is 0 Å². The highest BCUT2D eigenvalue weighted by Gasteiger charge is 2.09. The van der Waals surface area contributed by atoms with Gasteiger partial charge < -0.3 is 14.8 Å². The van der Waals surface area contributed by atoms with Crippen LogP contribution in [0.2, 0.25) is 0 Å². The fraction of sp³-hybridized carbons (Fsp3) is 0.143. The quantitative estimate of drug-likeness (QED) is 0.509. The third-order valence-corrected chi connectivity index (χ3v) is 3.13. The maximum absolute atomic E-state index is 12.0. The number of aromatic nitrogens is 2. The molecule has 0 amide bonds. The van der Waals surface area contributed by atoms with E-state index >= 15 is 0 Å². The summed E-state index contributed by atoms with van der Waals surface area (Å²) in [6.45, 7) is 1.70. The molecule has 0 atom stereocenters. The summed E-state index contributed by atoms with van der Waals surface area (Å²) in [5, 5.41) is 13.4. The van der Waals surface area contributed by atoms with Gasteiger partial charge in [-0.05, 0) is 49.0 Å². The number of H-pyrrole nitrogens is 1. The molecule has 0 aliphatic carbocycles. The Balaban J connectivity index is 2.47. The Morgan fingerprint density at radius 1 is 1.36 bits per heavy atom. The van der Waals surface area contributed by atoms with Crippen molar-refractivity contribution in [2.45, 2.75) is 6.92 Å². The number of esters is 1. The van der Waals surface area contributed by atoms with Crippen molar-refractivity contribution in [3.05, 3.63) is 56.7 Å². The van der Waals surface area contributed by atoms with Gasteiger partial charge in [0.2, 0.25) is 4.77 Å². The number of methoxy groups -OCH3 is 1. The lowest BCUT2D eigenvalue weighted by Gasteiger charge is -2.05. The summed E-state index contributed by atoms with van der Waals surface area (Å²) in [4.78, 5) is 26.0. The standard InChI is InChI=1S/C14H13N3O4S/c1-8(9-3-5-10(18)6-4-9)16-17-12(19)7-11(13(20)21-2)15-14(17)22/h3-7,18H,1-2H3,(H,15,22)/b16-8+. The molecule has 0 saturated heterocycles. The van der Waals surface area contributed by atoms with Crippen LogP contribution < -0.4 is 5.56 Å². The van der Waals surface area contributed by atoms with Gasteiger partial charge in [-0.3, -0.25) is 4.79 Å². The zero-order valence-electron chi connectivity index (χ0n) is 11.9. The first kappa shape index (κ1) is 15.6. The van der Waals surface area contributed by atoms with Gasteiger partial charge in [-0.1, -0.05) is 0 Å². The zero-order chi connectivity index (χ0) is 16.3. The number of nitrogens with one attached hydrogen (secondary N) is 1. The van der Waals surface area contributed by atoms with Gasteiger partial charge in [-0.15, -0.1) is 0 Å². The van der Waals surface area contributed by atoms with Gasteiger partial charge in [-0.2, -0.15) is 9.78 Å². The molecule has 0 fully saturated rings. The number of hydrogen-bond donors (Lipinski definition) is 2. The normalized spacial score (nSPS) is 11.3. The van der Waals surface area contributed by atoms with Crippen molar-refractivity contribution >= 4 is 23.9 Å². The molecule has 1 aromatic heterocycles. The van der Waals surface area contributed by atoms with Gasteiger partial charge in [0.15, 0.2) is 0 Å². The van der Waals surface area contributed by atoms with Crippen molar-refractivity contribution in [2.24, 2.45) is 5.10 Å². The summed E-state index contributed by atoms with van der Waals surface area (Å²) in [6.07, 6.45) is 0. The molecule has 2 aromatic rings. The molecular formula is C14H13N3O4S. The molecule has 0 aliphatic rings. The van der Waals surface area contributed by atoms with Crippen LogP contribution in [-0.2, 0) is 4.74 Å². The SMILES string of the molecule is COC(=O)c1cc(=O)n(/N=C(\C)c2ccc(O)cc2)c(=S)[nH]1. The number of phenols is 1.